The molecule has 0 heterocycles. The van der Waals surface area contributed by atoms with Crippen LogP contribution in [0.2, 0.25) is 0 Å². The molecule has 0 saturated heterocycles. The maximum atomic E-state index is 11.7. The third-order valence-electron chi connectivity index (χ3n) is 3.02. The molecule has 0 fully saturated rings. The van der Waals surface area contributed by atoms with Gasteiger partial charge >= 0.3 is 18.0 Å². The number of nitrogens with one attached hydrogen (secondary N) is 2. The van der Waals surface area contributed by atoms with Gasteiger partial charge in [0, 0.05) is 12.1 Å². The molecule has 1 rings (SSSR count). The number of para-hydroxylation sites is 1. The molecule has 2 amide bonds. The Morgan fingerprint density at radius 2 is 1.68 bits per heavy atom. The number of anilines is 1. The summed E-state index contributed by atoms with van der Waals surface area (Å²) in [5.74, 6) is -1.98. The molecule has 0 spiro atoms. The molecule has 0 saturated carbocycles. The molecule has 0 aromatic heterocycles. The van der Waals surface area contributed by atoms with Crippen LogP contribution in [0, 0.1) is 0 Å². The fraction of sp³-hybridized carbons (Fsp3) is 0.400. The van der Waals surface area contributed by atoms with Crippen LogP contribution in [0.5, 0.6) is 0 Å². The van der Waals surface area contributed by atoms with Crippen LogP contribution < -0.4 is 10.6 Å². The van der Waals surface area contributed by atoms with Crippen LogP contribution >= 0.6 is 0 Å². The van der Waals surface area contributed by atoms with Crippen LogP contribution in [0.15, 0.2) is 30.3 Å². The first-order valence-corrected chi connectivity index (χ1v) is 7.06. The zero-order valence-electron chi connectivity index (χ0n) is 12.1. The zero-order valence-corrected chi connectivity index (χ0v) is 12.1. The predicted molar refractivity (Wildman–Crippen MR) is 80.7 cm³/mol. The minimum absolute atomic E-state index is 0.0691. The van der Waals surface area contributed by atoms with E-state index in [0.717, 1.165) is 0 Å². The second-order valence-corrected chi connectivity index (χ2v) is 4.85. The van der Waals surface area contributed by atoms with E-state index in [1.807, 2.05) is 0 Å². The molecular weight excluding hydrogens is 288 g/mol. The van der Waals surface area contributed by atoms with Gasteiger partial charge in [-0.15, -0.1) is 0 Å². The number of amides is 2. The Balaban J connectivity index is 2.35. The van der Waals surface area contributed by atoms with Crippen LogP contribution in [-0.2, 0) is 9.59 Å². The highest BCUT2D eigenvalue weighted by Crippen LogP contribution is 2.08. The van der Waals surface area contributed by atoms with Crippen molar-refractivity contribution in [3.05, 3.63) is 30.3 Å². The number of carbonyl (C=O) groups is 3. The van der Waals surface area contributed by atoms with E-state index in [1.165, 1.54) is 0 Å². The summed E-state index contributed by atoms with van der Waals surface area (Å²) in [5.41, 5.74) is 0.575. The number of unbranched alkanes of at least 4 members (excludes halogenated alkanes) is 2. The molecule has 1 aromatic carbocycles. The maximum absolute atomic E-state index is 11.7. The van der Waals surface area contributed by atoms with Crippen LogP contribution in [-0.4, -0.2) is 34.2 Å². The second-order valence-electron chi connectivity index (χ2n) is 4.85. The quantitative estimate of drug-likeness (QED) is 0.522. The third kappa shape index (κ3) is 7.28. The van der Waals surface area contributed by atoms with Crippen LogP contribution in [0.25, 0.3) is 0 Å². The van der Waals surface area contributed by atoms with Gasteiger partial charge in [-0.3, -0.25) is 4.79 Å². The molecule has 0 bridgehead atoms. The van der Waals surface area contributed by atoms with Gasteiger partial charge in [-0.25, -0.2) is 9.59 Å². The van der Waals surface area contributed by atoms with Crippen molar-refractivity contribution >= 4 is 23.7 Å². The van der Waals surface area contributed by atoms with Crippen LogP contribution in [0.3, 0.4) is 0 Å². The Morgan fingerprint density at radius 3 is 2.27 bits per heavy atom. The van der Waals surface area contributed by atoms with E-state index < -0.39 is 24.0 Å². The van der Waals surface area contributed by atoms with Crippen molar-refractivity contribution in [2.45, 2.75) is 38.1 Å². The van der Waals surface area contributed by atoms with Gasteiger partial charge in [0.25, 0.3) is 0 Å². The van der Waals surface area contributed by atoms with Gasteiger partial charge in [-0.1, -0.05) is 31.0 Å². The van der Waals surface area contributed by atoms with Crippen LogP contribution in [0.4, 0.5) is 10.5 Å². The molecule has 0 radical (unpaired) electrons. The fourth-order valence-corrected chi connectivity index (χ4v) is 1.91. The summed E-state index contributed by atoms with van der Waals surface area (Å²) < 4.78 is 0. The number of hydrogen-bond acceptors (Lipinski definition) is 3. The Bertz CT molecular complexity index is 504. The van der Waals surface area contributed by atoms with Crippen molar-refractivity contribution in [3.8, 4) is 0 Å². The predicted octanol–water partition coefficient (Wildman–Crippen LogP) is 2.30. The molecule has 1 atom stereocenters. The van der Waals surface area contributed by atoms with Gasteiger partial charge < -0.3 is 20.8 Å². The zero-order chi connectivity index (χ0) is 16.4. The number of carbonyl (C=O) groups excluding carboxylic acids is 1. The summed E-state index contributed by atoms with van der Waals surface area (Å²) >= 11 is 0. The monoisotopic (exact) mass is 308 g/mol. The molecular formula is C15H20N2O5. The first-order valence-electron chi connectivity index (χ1n) is 7.06. The highest BCUT2D eigenvalue weighted by atomic mass is 16.4. The van der Waals surface area contributed by atoms with Crippen molar-refractivity contribution in [2.75, 3.05) is 5.32 Å². The molecule has 1 aromatic rings. The van der Waals surface area contributed by atoms with E-state index >= 15 is 0 Å². The fourth-order valence-electron chi connectivity index (χ4n) is 1.91. The second kappa shape index (κ2) is 9.38. The summed E-state index contributed by atoms with van der Waals surface area (Å²) in [7, 11) is 0. The van der Waals surface area contributed by atoms with Crippen molar-refractivity contribution in [3.63, 3.8) is 0 Å². The highest BCUT2D eigenvalue weighted by Gasteiger charge is 2.19. The number of carboxylic acid groups (broad SMARTS) is 2. The molecule has 1 unspecified atom stereocenters. The molecule has 0 aliphatic rings. The number of urea groups is 1. The van der Waals surface area contributed by atoms with E-state index in [2.05, 4.69) is 10.6 Å². The molecule has 0 aliphatic carbocycles. The van der Waals surface area contributed by atoms with Gasteiger partial charge in [0.05, 0.1) is 0 Å². The lowest BCUT2D eigenvalue weighted by molar-refractivity contribution is -0.139. The number of rotatable bonds is 9. The van der Waals surface area contributed by atoms with Crippen molar-refractivity contribution in [1.82, 2.24) is 5.32 Å². The SMILES string of the molecule is O=C(O)CCCCCC(NC(=O)Nc1ccccc1)C(=O)O. The lowest BCUT2D eigenvalue weighted by Gasteiger charge is -2.15. The number of carboxylic acids is 2. The molecule has 0 aliphatic heterocycles. The van der Waals surface area contributed by atoms with Crippen molar-refractivity contribution < 1.29 is 24.6 Å². The van der Waals surface area contributed by atoms with Crippen molar-refractivity contribution in [1.29, 1.82) is 0 Å². The summed E-state index contributed by atoms with van der Waals surface area (Å²) in [6, 6.07) is 7.14. The molecule has 4 N–H and O–H groups in total. The summed E-state index contributed by atoms with van der Waals surface area (Å²) in [6.07, 6.45) is 1.97. The van der Waals surface area contributed by atoms with Gasteiger partial charge in [-0.2, -0.15) is 0 Å². The van der Waals surface area contributed by atoms with Gasteiger partial charge in [-0.05, 0) is 25.0 Å². The van der Waals surface area contributed by atoms with Gasteiger partial charge in [0.15, 0.2) is 0 Å². The van der Waals surface area contributed by atoms with E-state index in [0.29, 0.717) is 24.9 Å². The van der Waals surface area contributed by atoms with E-state index in [4.69, 9.17) is 10.2 Å². The van der Waals surface area contributed by atoms with Crippen molar-refractivity contribution in [2.24, 2.45) is 0 Å². The van der Waals surface area contributed by atoms with Gasteiger partial charge in [0.1, 0.15) is 6.04 Å². The summed E-state index contributed by atoms with van der Waals surface area (Å²) in [5, 5.41) is 22.6. The van der Waals surface area contributed by atoms with E-state index in [1.54, 1.807) is 30.3 Å². The average Bonchev–Trinajstić information content (AvgIpc) is 2.46. The molecule has 7 heteroatoms. The summed E-state index contributed by atoms with van der Waals surface area (Å²) in [6.45, 7) is 0. The number of aliphatic carboxylic acids is 2. The lowest BCUT2D eigenvalue weighted by Crippen LogP contribution is -2.42. The van der Waals surface area contributed by atoms with Crippen LogP contribution in [0.1, 0.15) is 32.1 Å². The van der Waals surface area contributed by atoms with Gasteiger partial charge in [0.2, 0.25) is 0 Å². The smallest absolute Gasteiger partial charge is 0.326 e. The Morgan fingerprint density at radius 1 is 1.00 bits per heavy atom. The van der Waals surface area contributed by atoms with E-state index in [-0.39, 0.29) is 12.8 Å². The number of benzene rings is 1. The Kier molecular flexibility index (Phi) is 7.45. The topological polar surface area (TPSA) is 116 Å². The first-order chi connectivity index (χ1) is 10.5. The third-order valence-corrected chi connectivity index (χ3v) is 3.02. The lowest BCUT2D eigenvalue weighted by atomic mass is 10.1. The minimum atomic E-state index is -1.11. The summed E-state index contributed by atoms with van der Waals surface area (Å²) in [4.78, 5) is 33.2. The molecule has 22 heavy (non-hydrogen) atoms. The molecule has 7 nitrogen and oxygen atoms in total. The number of hydrogen-bond donors (Lipinski definition) is 4. The Hall–Kier alpha value is -2.57. The average molecular weight is 308 g/mol. The normalized spacial score (nSPS) is 11.5. The highest BCUT2D eigenvalue weighted by molar-refractivity contribution is 5.92. The minimum Gasteiger partial charge on any atom is -0.481 e. The Labute approximate surface area is 128 Å². The largest absolute Gasteiger partial charge is 0.481 e. The standard InChI is InChI=1S/C15H20N2O5/c18-13(19)10-6-2-5-9-12(14(20)21)17-15(22)16-11-7-3-1-4-8-11/h1,3-4,7-8,12H,2,5-6,9-10H2,(H,18,19)(H,20,21)(H2,16,17,22). The van der Waals surface area contributed by atoms with E-state index in [9.17, 15) is 14.4 Å². The first kappa shape index (κ1) is 17.5. The molecule has 120 valence electrons. The maximum Gasteiger partial charge on any atom is 0.326 e.